The number of phosphoric acid groups is 3. The molecule has 0 aromatic carbocycles. The molecule has 29 heteroatoms. The molecule has 0 aliphatic carbocycles. The van der Waals surface area contributed by atoms with Crippen LogP contribution in [0.3, 0.4) is 0 Å². The number of hydrogen-bond acceptors (Lipinski definition) is 19. The summed E-state index contributed by atoms with van der Waals surface area (Å²) in [6.45, 7) is 0.829. The van der Waals surface area contributed by atoms with Gasteiger partial charge in [-0.3, -0.25) is 27.7 Å². The number of phosphoric ester groups is 3. The van der Waals surface area contributed by atoms with Gasteiger partial charge in [0.2, 0.25) is 11.8 Å². The molecular weight excluding hydrogens is 783 g/mol. The average Bonchev–Trinajstić information content (AvgIpc) is 3.61. The summed E-state index contributed by atoms with van der Waals surface area (Å²) < 4.78 is 61.8. The van der Waals surface area contributed by atoms with Crippen LogP contribution in [0, 0.1) is 12.0 Å². The van der Waals surface area contributed by atoms with E-state index in [0.717, 1.165) is 23.8 Å². The predicted molar refractivity (Wildman–Crippen MR) is 169 cm³/mol. The van der Waals surface area contributed by atoms with Crippen molar-refractivity contribution in [1.29, 1.82) is 0 Å². The van der Waals surface area contributed by atoms with Crippen molar-refractivity contribution in [3.05, 3.63) is 19.3 Å². The Morgan fingerprint density at radius 2 is 1.74 bits per heavy atom. The second-order valence-corrected chi connectivity index (χ2v) is 16.1. The third-order valence-corrected chi connectivity index (χ3v) is 10.3. The van der Waals surface area contributed by atoms with E-state index in [9.17, 15) is 63.1 Å². The Balaban J connectivity index is 1.52. The number of fused-ring (bicyclic) bond motifs is 1. The largest absolute Gasteiger partial charge is 0.759 e. The van der Waals surface area contributed by atoms with Gasteiger partial charge in [-0.25, -0.2) is 35.3 Å². The lowest BCUT2D eigenvalue weighted by Crippen LogP contribution is -2.46. The summed E-state index contributed by atoms with van der Waals surface area (Å²) in [7, 11) is -16.4. The SMILES string of the molecule is CC(C)(COP(=O)(O)OP(=O)(O)OCC1OC(n2cnc3c(N)ncnc32)C(O)C1OP(=O)(O)O)C(O)C(=O)NCCC(=O)NCCC(=O)C[CH-]O[O-]. The number of nitrogens with zero attached hydrogens (tertiary/aromatic N) is 4. The first-order valence-corrected chi connectivity index (χ1v) is 19.6. The van der Waals surface area contributed by atoms with Crippen molar-refractivity contribution in [1.82, 2.24) is 30.2 Å². The van der Waals surface area contributed by atoms with Crippen molar-refractivity contribution in [2.24, 2.45) is 5.41 Å². The number of ether oxygens (including phenoxy) is 1. The summed E-state index contributed by atoms with van der Waals surface area (Å²) in [5.41, 5.74) is 4.20. The molecule has 0 spiro atoms. The minimum absolute atomic E-state index is 0.0208. The van der Waals surface area contributed by atoms with Gasteiger partial charge in [0, 0.05) is 31.3 Å². The maximum atomic E-state index is 12.6. The third kappa shape index (κ3) is 13.4. The van der Waals surface area contributed by atoms with Gasteiger partial charge < -0.3 is 65.8 Å². The van der Waals surface area contributed by atoms with Gasteiger partial charge in [0.1, 0.15) is 42.0 Å². The summed E-state index contributed by atoms with van der Waals surface area (Å²) in [5, 5.41) is 35.9. The number of imidazole rings is 1. The Hall–Kier alpha value is -2.87. The summed E-state index contributed by atoms with van der Waals surface area (Å²) in [6, 6.07) is 0. The molecule has 3 heterocycles. The summed E-state index contributed by atoms with van der Waals surface area (Å²) in [6.07, 6.45) is -7.41. The van der Waals surface area contributed by atoms with Crippen LogP contribution in [-0.4, -0.2) is 118 Å². The minimum atomic E-state index is -5.58. The smallest absolute Gasteiger partial charge is 0.481 e. The van der Waals surface area contributed by atoms with Crippen molar-refractivity contribution in [2.45, 2.75) is 63.8 Å². The molecule has 53 heavy (non-hydrogen) atoms. The zero-order chi connectivity index (χ0) is 39.8. The Labute approximate surface area is 299 Å². The fraction of sp³-hybridized carbons (Fsp3) is 0.625. The number of aliphatic hydroxyl groups excluding tert-OH is 2. The van der Waals surface area contributed by atoms with E-state index in [1.807, 2.05) is 0 Å². The zero-order valence-corrected chi connectivity index (χ0v) is 30.5. The molecule has 0 radical (unpaired) electrons. The van der Waals surface area contributed by atoms with Gasteiger partial charge in [-0.15, -0.1) is 0 Å². The number of ketones is 1. The number of nitrogens with two attached hydrogens (primary N) is 1. The molecule has 7 unspecified atom stereocenters. The number of rotatable bonds is 22. The minimum Gasteiger partial charge on any atom is -0.759 e. The fourth-order valence-electron chi connectivity index (χ4n) is 4.51. The number of Topliss-reactive ketones (excluding diaryl/α,β-unsaturated/α-hetero) is 1. The Bertz CT molecular complexity index is 1740. The first-order valence-electron chi connectivity index (χ1n) is 15.1. The van der Waals surface area contributed by atoms with Crippen molar-refractivity contribution in [3.8, 4) is 0 Å². The highest BCUT2D eigenvalue weighted by atomic mass is 31.3. The van der Waals surface area contributed by atoms with Gasteiger partial charge in [0.15, 0.2) is 17.7 Å². The molecular formula is C24H38N7O19P3-2. The molecule has 1 aliphatic rings. The normalized spacial score (nSPS) is 22.2. The van der Waals surface area contributed by atoms with E-state index in [4.69, 9.17) is 19.5 Å². The topological polar surface area (TPSA) is 396 Å². The molecule has 2 amide bonds. The number of carbonyl (C=O) groups excluding carboxylic acids is 3. The van der Waals surface area contributed by atoms with Gasteiger partial charge in [-0.1, -0.05) is 20.3 Å². The molecule has 0 saturated carbocycles. The lowest BCUT2D eigenvalue weighted by atomic mass is 9.87. The molecule has 3 rings (SSSR count). The van der Waals surface area contributed by atoms with Crippen LogP contribution >= 0.6 is 23.5 Å². The second-order valence-electron chi connectivity index (χ2n) is 11.8. The van der Waals surface area contributed by atoms with Crippen LogP contribution in [0.25, 0.3) is 11.2 Å². The van der Waals surface area contributed by atoms with Crippen LogP contribution in [0.15, 0.2) is 12.7 Å². The van der Waals surface area contributed by atoms with Gasteiger partial charge in [-0.2, -0.15) is 4.31 Å². The van der Waals surface area contributed by atoms with E-state index in [0.29, 0.717) is 0 Å². The summed E-state index contributed by atoms with van der Waals surface area (Å²) in [4.78, 5) is 90.0. The molecule has 300 valence electrons. The number of aromatic nitrogens is 4. The predicted octanol–water partition coefficient (Wildman–Crippen LogP) is -2.79. The maximum absolute atomic E-state index is 12.6. The first kappa shape index (κ1) is 44.5. The highest BCUT2D eigenvalue weighted by molar-refractivity contribution is 7.61. The number of aliphatic hydroxyl groups is 2. The van der Waals surface area contributed by atoms with Crippen LogP contribution in [0.4, 0.5) is 5.82 Å². The van der Waals surface area contributed by atoms with Crippen LogP contribution < -0.4 is 21.6 Å². The molecule has 26 nitrogen and oxygen atoms in total. The number of hydrogen-bond donors (Lipinski definition) is 9. The number of anilines is 1. The number of nitrogen functional groups attached to an aromatic ring is 1. The Morgan fingerprint density at radius 3 is 2.40 bits per heavy atom. The lowest BCUT2D eigenvalue weighted by molar-refractivity contribution is -0.675. The van der Waals surface area contributed by atoms with Crippen molar-refractivity contribution in [3.63, 3.8) is 0 Å². The van der Waals surface area contributed by atoms with Crippen LogP contribution in [0.1, 0.15) is 39.3 Å². The van der Waals surface area contributed by atoms with Gasteiger partial charge in [0.25, 0.3) is 0 Å². The number of nitrogens with one attached hydrogen (secondary N) is 2. The third-order valence-electron chi connectivity index (χ3n) is 7.18. The van der Waals surface area contributed by atoms with E-state index in [1.54, 1.807) is 0 Å². The Morgan fingerprint density at radius 1 is 1.08 bits per heavy atom. The quantitative estimate of drug-likeness (QED) is 0.0251. The zero-order valence-electron chi connectivity index (χ0n) is 27.8. The molecule has 1 saturated heterocycles. The van der Waals surface area contributed by atoms with Gasteiger partial charge in [-0.05, 0) is 0 Å². The lowest BCUT2D eigenvalue weighted by Gasteiger charge is -2.30. The molecule has 2 aromatic rings. The molecule has 10 N–H and O–H groups in total. The monoisotopic (exact) mass is 821 g/mol. The van der Waals surface area contributed by atoms with E-state index in [-0.39, 0.29) is 55.1 Å². The molecule has 1 fully saturated rings. The number of carbonyl (C=O) groups is 3. The molecule has 1 aliphatic heterocycles. The molecule has 0 bridgehead atoms. The van der Waals surface area contributed by atoms with E-state index in [1.165, 1.54) is 13.8 Å². The summed E-state index contributed by atoms with van der Waals surface area (Å²) >= 11 is 0. The van der Waals surface area contributed by atoms with E-state index < -0.39 is 84.6 Å². The maximum Gasteiger partial charge on any atom is 0.481 e. The average molecular weight is 822 g/mol. The second kappa shape index (κ2) is 18.6. The first-order chi connectivity index (χ1) is 24.6. The van der Waals surface area contributed by atoms with Gasteiger partial charge >= 0.3 is 23.5 Å². The highest BCUT2D eigenvalue weighted by Crippen LogP contribution is 2.61. The van der Waals surface area contributed by atoms with Crippen molar-refractivity contribution >= 4 is 58.0 Å². The Kier molecular flexibility index (Phi) is 15.7. The number of amides is 2. The van der Waals surface area contributed by atoms with Crippen molar-refractivity contribution < 1.29 is 90.6 Å². The fourth-order valence-corrected chi connectivity index (χ4v) is 7.34. The highest BCUT2D eigenvalue weighted by Gasteiger charge is 2.50. The molecule has 7 atom stereocenters. The van der Waals surface area contributed by atoms with E-state index >= 15 is 0 Å². The standard InChI is InChI=1S/C24H39N7O19P3/c1-24(2,19(35)22(36)27-7-4-15(33)26-6-3-13(32)5-8-45-37)10-47-53(43,44)50-52(41,42)46-9-14-18(49-51(38,39)40)17(34)23(48-14)31-12-30-16-20(25)28-11-29-21(16)31/h8,11-12,14,17-19,23,34-35,37H,3-7,9-10H2,1-2H3,(H,26,33)(H,27,36)(H,41,42)(H,43,44)(H2,25,28,29)(H2,38,39,40)/q-1/p-1. The summed E-state index contributed by atoms with van der Waals surface area (Å²) in [5.74, 6) is -2.00. The van der Waals surface area contributed by atoms with Crippen molar-refractivity contribution in [2.75, 3.05) is 32.0 Å². The van der Waals surface area contributed by atoms with Crippen LogP contribution in [-0.2, 0) is 55.6 Å². The van der Waals surface area contributed by atoms with Crippen LogP contribution in [0.2, 0.25) is 0 Å². The molecule has 2 aromatic heterocycles. The van der Waals surface area contributed by atoms with Crippen LogP contribution in [0.5, 0.6) is 0 Å². The van der Waals surface area contributed by atoms with Gasteiger partial charge in [0.05, 0.1) is 19.5 Å². The van der Waals surface area contributed by atoms with E-state index in [2.05, 4.69) is 39.3 Å².